The Labute approximate surface area is 218 Å². The molecule has 3 rings (SSSR count). The van der Waals surface area contributed by atoms with Gasteiger partial charge >= 0.3 is 6.03 Å². The van der Waals surface area contributed by atoms with Gasteiger partial charge in [-0.2, -0.15) is 5.10 Å². The number of carbonyl (C=O) groups excluding carboxylic acids is 1. The van der Waals surface area contributed by atoms with Gasteiger partial charge in [-0.25, -0.2) is 10.2 Å². The maximum atomic E-state index is 12.1. The monoisotopic (exact) mass is 638 g/mol. The van der Waals surface area contributed by atoms with Gasteiger partial charge in [-0.3, -0.25) is 10.1 Å². The number of nitrogens with zero attached hydrogens (tertiary/aromatic N) is 2. The summed E-state index contributed by atoms with van der Waals surface area (Å²) in [4.78, 5) is 22.4. The van der Waals surface area contributed by atoms with E-state index in [-0.39, 0.29) is 12.3 Å². The lowest BCUT2D eigenvalue weighted by Gasteiger charge is -2.13. The molecule has 2 N–H and O–H groups in total. The molecule has 0 aliphatic carbocycles. The number of ether oxygens (including phenoxy) is 2. The standard InChI is InChI=1S/C23H20BrIN4O5/c1-14-9-17(5-8-19(14)24)27-23(30)28-26-12-16-10-20(25)22(21(11-16)33-2)34-13-15-3-6-18(7-4-15)29(31)32/h3-12H,13H2,1-2H3,(H2,27,28,30)/b26-12+. The van der Waals surface area contributed by atoms with Crippen molar-refractivity contribution in [1.29, 1.82) is 0 Å². The third-order valence-electron chi connectivity index (χ3n) is 4.58. The number of nitro groups is 1. The van der Waals surface area contributed by atoms with Crippen molar-refractivity contribution in [3.63, 3.8) is 0 Å². The van der Waals surface area contributed by atoms with Gasteiger partial charge in [0, 0.05) is 22.3 Å². The van der Waals surface area contributed by atoms with Crippen molar-refractivity contribution in [2.45, 2.75) is 13.5 Å². The van der Waals surface area contributed by atoms with Gasteiger partial charge in [0.2, 0.25) is 0 Å². The quantitative estimate of drug-likeness (QED) is 0.136. The van der Waals surface area contributed by atoms with Crippen LogP contribution >= 0.6 is 38.5 Å². The number of hydrogen-bond acceptors (Lipinski definition) is 6. The smallest absolute Gasteiger partial charge is 0.339 e. The average Bonchev–Trinajstić information content (AvgIpc) is 2.80. The van der Waals surface area contributed by atoms with Crippen LogP contribution in [0.15, 0.2) is 64.2 Å². The van der Waals surface area contributed by atoms with Crippen LogP contribution in [0.3, 0.4) is 0 Å². The third-order valence-corrected chi connectivity index (χ3v) is 6.27. The molecule has 0 fully saturated rings. The second-order valence-corrected chi connectivity index (χ2v) is 9.05. The highest BCUT2D eigenvalue weighted by Gasteiger charge is 2.12. The molecule has 176 valence electrons. The normalized spacial score (nSPS) is 10.7. The molecule has 0 bridgehead atoms. The Morgan fingerprint density at radius 2 is 1.94 bits per heavy atom. The van der Waals surface area contributed by atoms with Crippen LogP contribution in [-0.4, -0.2) is 24.3 Å². The fourth-order valence-corrected chi connectivity index (χ4v) is 3.90. The Morgan fingerprint density at radius 1 is 1.21 bits per heavy atom. The van der Waals surface area contributed by atoms with E-state index in [1.165, 1.54) is 25.5 Å². The molecule has 3 aromatic rings. The summed E-state index contributed by atoms with van der Waals surface area (Å²) in [6, 6.07) is 14.7. The van der Waals surface area contributed by atoms with E-state index in [1.54, 1.807) is 24.3 Å². The van der Waals surface area contributed by atoms with Crippen molar-refractivity contribution in [3.05, 3.63) is 89.4 Å². The van der Waals surface area contributed by atoms with Crippen molar-refractivity contribution < 1.29 is 19.2 Å². The number of amides is 2. The Bertz CT molecular complexity index is 1230. The first kappa shape index (κ1) is 25.4. The first-order valence-electron chi connectivity index (χ1n) is 9.86. The van der Waals surface area contributed by atoms with Crippen molar-refractivity contribution in [2.24, 2.45) is 5.10 Å². The Balaban J connectivity index is 1.62. The van der Waals surface area contributed by atoms with E-state index >= 15 is 0 Å². The molecule has 2 amide bonds. The van der Waals surface area contributed by atoms with Gasteiger partial charge in [-0.05, 0) is 88.7 Å². The number of urea groups is 1. The van der Waals surface area contributed by atoms with Crippen LogP contribution in [0.1, 0.15) is 16.7 Å². The van der Waals surface area contributed by atoms with Crippen LogP contribution in [0.5, 0.6) is 11.5 Å². The van der Waals surface area contributed by atoms with E-state index in [9.17, 15) is 14.9 Å². The minimum Gasteiger partial charge on any atom is -0.493 e. The SMILES string of the molecule is COc1cc(/C=N/NC(=O)Nc2ccc(Br)c(C)c2)cc(I)c1OCc1ccc([N+](=O)[O-])cc1. The minimum atomic E-state index is -0.470. The second kappa shape index (κ2) is 11.8. The summed E-state index contributed by atoms with van der Waals surface area (Å²) in [5.74, 6) is 1.03. The van der Waals surface area contributed by atoms with E-state index in [0.29, 0.717) is 22.7 Å². The summed E-state index contributed by atoms with van der Waals surface area (Å²) < 4.78 is 13.1. The maximum absolute atomic E-state index is 12.1. The van der Waals surface area contributed by atoms with Crippen LogP contribution < -0.4 is 20.2 Å². The highest BCUT2D eigenvalue weighted by atomic mass is 127. The van der Waals surface area contributed by atoms with E-state index in [0.717, 1.165) is 19.2 Å². The Hall–Kier alpha value is -3.19. The molecule has 0 aromatic heterocycles. The van der Waals surface area contributed by atoms with E-state index in [1.807, 2.05) is 25.1 Å². The third kappa shape index (κ3) is 6.90. The number of non-ortho nitro benzene ring substituents is 1. The number of hydrazone groups is 1. The number of carbonyl (C=O) groups is 1. The number of methoxy groups -OCH3 is 1. The fourth-order valence-electron chi connectivity index (χ4n) is 2.87. The molecule has 0 spiro atoms. The molecule has 0 aliphatic heterocycles. The van der Waals surface area contributed by atoms with Crippen molar-refractivity contribution in [3.8, 4) is 11.5 Å². The molecule has 0 atom stereocenters. The van der Waals surface area contributed by atoms with Gasteiger partial charge in [0.25, 0.3) is 5.69 Å². The zero-order valence-corrected chi connectivity index (χ0v) is 21.9. The zero-order valence-electron chi connectivity index (χ0n) is 18.2. The summed E-state index contributed by atoms with van der Waals surface area (Å²) >= 11 is 5.54. The molecule has 0 saturated heterocycles. The number of rotatable bonds is 8. The average molecular weight is 639 g/mol. The van der Waals surface area contributed by atoms with Crippen LogP contribution in [0.2, 0.25) is 0 Å². The number of halogens is 2. The summed E-state index contributed by atoms with van der Waals surface area (Å²) in [7, 11) is 1.52. The van der Waals surface area contributed by atoms with Crippen LogP contribution in [0.25, 0.3) is 0 Å². The molecule has 0 heterocycles. The van der Waals surface area contributed by atoms with Crippen LogP contribution in [-0.2, 0) is 6.61 Å². The molecular weight excluding hydrogens is 619 g/mol. The van der Waals surface area contributed by atoms with Gasteiger partial charge in [-0.1, -0.05) is 15.9 Å². The molecule has 0 unspecified atom stereocenters. The molecule has 11 heteroatoms. The van der Waals surface area contributed by atoms with Gasteiger partial charge in [-0.15, -0.1) is 0 Å². The largest absolute Gasteiger partial charge is 0.493 e. The predicted molar refractivity (Wildman–Crippen MR) is 142 cm³/mol. The topological polar surface area (TPSA) is 115 Å². The number of hydrogen-bond donors (Lipinski definition) is 2. The van der Waals surface area contributed by atoms with Crippen molar-refractivity contribution in [1.82, 2.24) is 5.43 Å². The predicted octanol–water partition coefficient (Wildman–Crippen LogP) is 6.01. The molecule has 0 radical (unpaired) electrons. The minimum absolute atomic E-state index is 0.0220. The Morgan fingerprint density at radius 3 is 2.59 bits per heavy atom. The second-order valence-electron chi connectivity index (χ2n) is 7.03. The van der Waals surface area contributed by atoms with E-state index < -0.39 is 11.0 Å². The summed E-state index contributed by atoms with van der Waals surface area (Å²) in [5, 5.41) is 17.5. The number of nitrogens with one attached hydrogen (secondary N) is 2. The lowest BCUT2D eigenvalue weighted by Crippen LogP contribution is -2.24. The highest BCUT2D eigenvalue weighted by molar-refractivity contribution is 14.1. The first-order chi connectivity index (χ1) is 16.3. The zero-order chi connectivity index (χ0) is 24.7. The molecule has 9 nitrogen and oxygen atoms in total. The summed E-state index contributed by atoms with van der Waals surface area (Å²) in [6.07, 6.45) is 1.50. The maximum Gasteiger partial charge on any atom is 0.339 e. The molecule has 3 aromatic carbocycles. The van der Waals surface area contributed by atoms with Gasteiger partial charge in [0.15, 0.2) is 11.5 Å². The number of benzene rings is 3. The van der Waals surface area contributed by atoms with Crippen LogP contribution in [0.4, 0.5) is 16.2 Å². The first-order valence-corrected chi connectivity index (χ1v) is 11.7. The van der Waals surface area contributed by atoms with Crippen LogP contribution in [0, 0.1) is 20.6 Å². The highest BCUT2D eigenvalue weighted by Crippen LogP contribution is 2.34. The lowest BCUT2D eigenvalue weighted by molar-refractivity contribution is -0.384. The fraction of sp³-hybridized carbons (Fsp3) is 0.130. The number of anilines is 1. The van der Waals surface area contributed by atoms with E-state index in [4.69, 9.17) is 9.47 Å². The van der Waals surface area contributed by atoms with Gasteiger partial charge in [0.1, 0.15) is 6.61 Å². The van der Waals surface area contributed by atoms with E-state index in [2.05, 4.69) is 54.4 Å². The van der Waals surface area contributed by atoms with Crippen molar-refractivity contribution >= 4 is 62.1 Å². The summed E-state index contributed by atoms with van der Waals surface area (Å²) in [6.45, 7) is 2.15. The molecule has 34 heavy (non-hydrogen) atoms. The van der Waals surface area contributed by atoms with Gasteiger partial charge < -0.3 is 14.8 Å². The molecular formula is C23H20BrIN4O5. The lowest BCUT2D eigenvalue weighted by atomic mass is 10.2. The molecule has 0 saturated carbocycles. The number of aryl methyl sites for hydroxylation is 1. The number of nitro benzene ring substituents is 1. The Kier molecular flexibility index (Phi) is 8.82. The summed E-state index contributed by atoms with van der Waals surface area (Å²) in [5.41, 5.74) is 5.58. The van der Waals surface area contributed by atoms with Gasteiger partial charge in [0.05, 0.1) is 21.8 Å². The van der Waals surface area contributed by atoms with Crippen molar-refractivity contribution in [2.75, 3.05) is 12.4 Å². The molecule has 0 aliphatic rings.